The third-order valence-corrected chi connectivity index (χ3v) is 5.09. The Morgan fingerprint density at radius 1 is 1.29 bits per heavy atom. The zero-order valence-corrected chi connectivity index (χ0v) is 14.8. The number of hydrogen-bond donors (Lipinski definition) is 1. The van der Waals surface area contributed by atoms with Gasteiger partial charge in [-0.25, -0.2) is 9.37 Å². The van der Waals surface area contributed by atoms with Crippen molar-refractivity contribution in [2.45, 2.75) is 25.4 Å². The fourth-order valence-corrected chi connectivity index (χ4v) is 3.74. The van der Waals surface area contributed by atoms with Crippen LogP contribution in [0.2, 0.25) is 0 Å². The Morgan fingerprint density at radius 3 is 3.04 bits per heavy atom. The first kappa shape index (κ1) is 16.5. The van der Waals surface area contributed by atoms with Crippen molar-refractivity contribution >= 4 is 10.9 Å². The molecule has 7 heteroatoms. The van der Waals surface area contributed by atoms with Gasteiger partial charge in [0.2, 0.25) is 0 Å². The minimum Gasteiger partial charge on any atom is -0.486 e. The molecule has 0 fully saturated rings. The van der Waals surface area contributed by atoms with Gasteiger partial charge in [0.15, 0.2) is 12.2 Å². The van der Waals surface area contributed by atoms with Gasteiger partial charge >= 0.3 is 0 Å². The van der Waals surface area contributed by atoms with Gasteiger partial charge in [-0.05, 0) is 60.7 Å². The molecule has 6 nitrogen and oxygen atoms in total. The molecule has 0 amide bonds. The summed E-state index contributed by atoms with van der Waals surface area (Å²) >= 11 is 0. The number of ether oxygens (including phenoxy) is 1. The fourth-order valence-electron chi connectivity index (χ4n) is 3.74. The SMILES string of the molecule is N#Cc1cc2c(cc1F)[C@@H](Oc1ccc3[nH]nc(-c4cnco4)c3c1)CCC2. The number of hydrogen-bond acceptors (Lipinski definition) is 5. The van der Waals surface area contributed by atoms with Gasteiger partial charge in [-0.2, -0.15) is 10.4 Å². The molecule has 1 atom stereocenters. The molecule has 0 saturated carbocycles. The van der Waals surface area contributed by atoms with E-state index in [1.165, 1.54) is 12.5 Å². The number of H-pyrrole nitrogens is 1. The van der Waals surface area contributed by atoms with Crippen molar-refractivity contribution in [3.63, 3.8) is 0 Å². The van der Waals surface area contributed by atoms with Crippen LogP contribution in [0.3, 0.4) is 0 Å². The topological polar surface area (TPSA) is 87.7 Å². The predicted octanol–water partition coefficient (Wildman–Crippen LogP) is 4.69. The minimum atomic E-state index is -0.505. The maximum Gasteiger partial charge on any atom is 0.181 e. The van der Waals surface area contributed by atoms with Crippen molar-refractivity contribution in [3.05, 3.63) is 65.4 Å². The second kappa shape index (κ2) is 6.50. The van der Waals surface area contributed by atoms with Gasteiger partial charge in [-0.15, -0.1) is 0 Å². The fraction of sp³-hybridized carbons (Fsp3) is 0.190. The first-order valence-electron chi connectivity index (χ1n) is 8.99. The molecule has 0 radical (unpaired) electrons. The van der Waals surface area contributed by atoms with Crippen molar-refractivity contribution in [1.82, 2.24) is 15.2 Å². The van der Waals surface area contributed by atoms with E-state index in [2.05, 4.69) is 15.2 Å². The molecule has 2 aromatic carbocycles. The van der Waals surface area contributed by atoms with E-state index in [-0.39, 0.29) is 11.7 Å². The third-order valence-electron chi connectivity index (χ3n) is 5.09. The Bertz CT molecular complexity index is 1210. The van der Waals surface area contributed by atoms with E-state index in [1.54, 1.807) is 12.3 Å². The maximum atomic E-state index is 14.2. The predicted molar refractivity (Wildman–Crippen MR) is 99.0 cm³/mol. The summed E-state index contributed by atoms with van der Waals surface area (Å²) in [6, 6.07) is 10.6. The zero-order chi connectivity index (χ0) is 19.1. The Labute approximate surface area is 159 Å². The van der Waals surface area contributed by atoms with Crippen LogP contribution in [0.5, 0.6) is 5.75 Å². The first-order valence-corrected chi connectivity index (χ1v) is 8.99. The summed E-state index contributed by atoms with van der Waals surface area (Å²) in [6.45, 7) is 0. The van der Waals surface area contributed by atoms with Crippen LogP contribution in [0.25, 0.3) is 22.4 Å². The minimum absolute atomic E-state index is 0.0796. The number of benzene rings is 2. The van der Waals surface area contributed by atoms with Crippen LogP contribution in [-0.2, 0) is 6.42 Å². The Balaban J connectivity index is 1.51. The molecule has 0 saturated heterocycles. The molecule has 1 aliphatic carbocycles. The van der Waals surface area contributed by atoms with Crippen LogP contribution in [-0.4, -0.2) is 15.2 Å². The average molecular weight is 374 g/mol. The van der Waals surface area contributed by atoms with E-state index >= 15 is 0 Å². The third kappa shape index (κ3) is 2.70. The number of oxazole rings is 1. The molecule has 138 valence electrons. The van der Waals surface area contributed by atoms with Crippen LogP contribution in [0, 0.1) is 17.1 Å². The molecule has 1 aliphatic rings. The lowest BCUT2D eigenvalue weighted by atomic mass is 9.88. The molecule has 0 unspecified atom stereocenters. The normalized spacial score (nSPS) is 15.9. The lowest BCUT2D eigenvalue weighted by molar-refractivity contribution is 0.183. The largest absolute Gasteiger partial charge is 0.486 e. The highest BCUT2D eigenvalue weighted by Gasteiger charge is 2.24. The number of halogens is 1. The van der Waals surface area contributed by atoms with E-state index in [0.29, 0.717) is 17.2 Å². The van der Waals surface area contributed by atoms with E-state index in [0.717, 1.165) is 41.3 Å². The van der Waals surface area contributed by atoms with Crippen LogP contribution >= 0.6 is 0 Å². The number of nitrogens with zero attached hydrogens (tertiary/aromatic N) is 3. The van der Waals surface area contributed by atoms with Crippen LogP contribution in [0.1, 0.15) is 35.6 Å². The lowest BCUT2D eigenvalue weighted by Crippen LogP contribution is -2.16. The smallest absolute Gasteiger partial charge is 0.181 e. The molecule has 2 aromatic heterocycles. The summed E-state index contributed by atoms with van der Waals surface area (Å²) in [4.78, 5) is 3.94. The zero-order valence-electron chi connectivity index (χ0n) is 14.8. The summed E-state index contributed by atoms with van der Waals surface area (Å²) in [5.74, 6) is 0.726. The second-order valence-electron chi connectivity index (χ2n) is 6.79. The molecule has 0 spiro atoms. The Hall–Kier alpha value is -3.66. The van der Waals surface area contributed by atoms with Gasteiger partial charge < -0.3 is 9.15 Å². The summed E-state index contributed by atoms with van der Waals surface area (Å²) in [7, 11) is 0. The van der Waals surface area contributed by atoms with Crippen molar-refractivity contribution in [1.29, 1.82) is 5.26 Å². The van der Waals surface area contributed by atoms with Gasteiger partial charge in [-0.1, -0.05) is 0 Å². The van der Waals surface area contributed by atoms with Gasteiger partial charge in [-0.3, -0.25) is 5.10 Å². The first-order chi connectivity index (χ1) is 13.7. The number of rotatable bonds is 3. The molecule has 1 N–H and O–H groups in total. The number of aromatic nitrogens is 3. The molecule has 28 heavy (non-hydrogen) atoms. The number of nitriles is 1. The molecule has 0 bridgehead atoms. The van der Waals surface area contributed by atoms with E-state index < -0.39 is 5.82 Å². The van der Waals surface area contributed by atoms with Crippen LogP contribution < -0.4 is 4.74 Å². The summed E-state index contributed by atoms with van der Waals surface area (Å²) in [6.07, 6.45) is 5.24. The number of nitrogens with one attached hydrogen (secondary N) is 1. The van der Waals surface area contributed by atoms with E-state index in [4.69, 9.17) is 14.4 Å². The monoisotopic (exact) mass is 374 g/mol. The van der Waals surface area contributed by atoms with Gasteiger partial charge in [0.1, 0.15) is 29.4 Å². The summed E-state index contributed by atoms with van der Waals surface area (Å²) in [5.41, 5.74) is 3.38. The molecular formula is C21H15FN4O2. The standard InChI is InChI=1S/C21H15FN4O2/c22-17-8-15-12(6-13(17)9-23)2-1-3-19(15)28-14-4-5-18-16(7-14)21(26-25-18)20-10-24-11-27-20/h4-8,10-11,19H,1-3H2,(H,25,26)/t19-/m0/s1. The molecule has 4 aromatic rings. The van der Waals surface area contributed by atoms with Gasteiger partial charge in [0.05, 0.1) is 17.3 Å². The van der Waals surface area contributed by atoms with Crippen molar-refractivity contribution in [2.75, 3.05) is 0 Å². The Morgan fingerprint density at radius 2 is 2.21 bits per heavy atom. The molecule has 2 heterocycles. The highest BCUT2D eigenvalue weighted by Crippen LogP contribution is 2.36. The van der Waals surface area contributed by atoms with Crippen molar-refractivity contribution < 1.29 is 13.5 Å². The van der Waals surface area contributed by atoms with Crippen LogP contribution in [0.4, 0.5) is 4.39 Å². The van der Waals surface area contributed by atoms with Crippen molar-refractivity contribution in [3.8, 4) is 23.3 Å². The Kier molecular flexibility index (Phi) is 3.83. The summed E-state index contributed by atoms with van der Waals surface area (Å²) < 4.78 is 25.7. The highest BCUT2D eigenvalue weighted by atomic mass is 19.1. The number of fused-ring (bicyclic) bond motifs is 2. The maximum absolute atomic E-state index is 14.2. The average Bonchev–Trinajstić information content (AvgIpc) is 3.37. The van der Waals surface area contributed by atoms with Crippen LogP contribution in [0.15, 0.2) is 47.3 Å². The number of aromatic amines is 1. The quantitative estimate of drug-likeness (QED) is 0.562. The molecule has 0 aliphatic heterocycles. The number of aryl methyl sites for hydroxylation is 1. The van der Waals surface area contributed by atoms with Crippen molar-refractivity contribution in [2.24, 2.45) is 0 Å². The van der Waals surface area contributed by atoms with Gasteiger partial charge in [0, 0.05) is 5.39 Å². The van der Waals surface area contributed by atoms with E-state index in [1.807, 2.05) is 24.3 Å². The highest BCUT2D eigenvalue weighted by molar-refractivity contribution is 5.92. The van der Waals surface area contributed by atoms with Gasteiger partial charge in [0.25, 0.3) is 0 Å². The summed E-state index contributed by atoms with van der Waals surface area (Å²) in [5, 5.41) is 17.2. The molecular weight excluding hydrogens is 359 g/mol. The second-order valence-corrected chi connectivity index (χ2v) is 6.79. The lowest BCUT2D eigenvalue weighted by Gasteiger charge is -2.26. The van der Waals surface area contributed by atoms with E-state index in [9.17, 15) is 4.39 Å². The molecule has 5 rings (SSSR count).